The zero-order valence-electron chi connectivity index (χ0n) is 11.4. The van der Waals surface area contributed by atoms with E-state index in [1.54, 1.807) is 36.4 Å². The van der Waals surface area contributed by atoms with Gasteiger partial charge in [-0.05, 0) is 35.7 Å². The smallest absolute Gasteiger partial charge is 0.263 e. The normalized spacial score (nSPS) is 11.6. The molecule has 1 heterocycles. The lowest BCUT2D eigenvalue weighted by atomic mass is 10.0. The molecule has 0 bridgehead atoms. The molecule has 0 saturated carbocycles. The number of aromatic nitrogens is 1. The van der Waals surface area contributed by atoms with Gasteiger partial charge in [-0.25, -0.2) is 13.4 Å². The van der Waals surface area contributed by atoms with Crippen LogP contribution < -0.4 is 10.5 Å². The molecule has 5 nitrogen and oxygen atoms in total. The van der Waals surface area contributed by atoms with Gasteiger partial charge in [-0.2, -0.15) is 0 Å². The number of nitrogens with one attached hydrogen (secondary N) is 1. The Morgan fingerprint density at radius 1 is 1.15 bits per heavy atom. The second-order valence-corrected chi connectivity index (χ2v) is 6.46. The summed E-state index contributed by atoms with van der Waals surface area (Å²) in [6.07, 6.45) is 0. The molecule has 0 atom stereocenters. The standard InChI is InChI=1S/C14H17N3O2S/c1-10(2)11-5-3-6-12(9-11)20(18,19)17-14-8-4-7-13(15)16-14/h3-10H,1-2H3,(H3,15,16,17). The molecule has 6 heteroatoms. The Balaban J connectivity index is 2.33. The highest BCUT2D eigenvalue weighted by Gasteiger charge is 2.15. The molecule has 3 N–H and O–H groups in total. The first-order chi connectivity index (χ1) is 9.38. The van der Waals surface area contributed by atoms with E-state index in [0.717, 1.165) is 5.56 Å². The number of anilines is 2. The van der Waals surface area contributed by atoms with Gasteiger partial charge in [0.15, 0.2) is 0 Å². The minimum Gasteiger partial charge on any atom is -0.384 e. The summed E-state index contributed by atoms with van der Waals surface area (Å²) in [7, 11) is -3.65. The topological polar surface area (TPSA) is 85.1 Å². The van der Waals surface area contributed by atoms with Gasteiger partial charge in [0.2, 0.25) is 0 Å². The molecule has 2 rings (SSSR count). The highest BCUT2D eigenvalue weighted by atomic mass is 32.2. The third kappa shape index (κ3) is 3.27. The van der Waals surface area contributed by atoms with E-state index < -0.39 is 10.0 Å². The van der Waals surface area contributed by atoms with Gasteiger partial charge in [-0.15, -0.1) is 0 Å². The molecule has 0 fully saturated rings. The monoisotopic (exact) mass is 291 g/mol. The van der Waals surface area contributed by atoms with Crippen molar-refractivity contribution < 1.29 is 8.42 Å². The van der Waals surface area contributed by atoms with Crippen molar-refractivity contribution in [2.45, 2.75) is 24.7 Å². The van der Waals surface area contributed by atoms with Crippen molar-refractivity contribution in [2.75, 3.05) is 10.5 Å². The van der Waals surface area contributed by atoms with Gasteiger partial charge in [-0.3, -0.25) is 4.72 Å². The number of sulfonamides is 1. The zero-order valence-corrected chi connectivity index (χ0v) is 12.2. The lowest BCUT2D eigenvalue weighted by molar-refractivity contribution is 0.601. The second-order valence-electron chi connectivity index (χ2n) is 4.78. The van der Waals surface area contributed by atoms with Gasteiger partial charge >= 0.3 is 0 Å². The summed E-state index contributed by atoms with van der Waals surface area (Å²) in [6.45, 7) is 4.03. The predicted octanol–water partition coefficient (Wildman–Crippen LogP) is 2.59. The minimum atomic E-state index is -3.65. The van der Waals surface area contributed by atoms with E-state index in [9.17, 15) is 8.42 Å². The molecule has 0 aliphatic carbocycles. The van der Waals surface area contributed by atoms with Gasteiger partial charge in [0.25, 0.3) is 10.0 Å². The highest BCUT2D eigenvalue weighted by molar-refractivity contribution is 7.92. The average Bonchev–Trinajstić information content (AvgIpc) is 2.38. The van der Waals surface area contributed by atoms with Crippen LogP contribution in [0.15, 0.2) is 47.4 Å². The molecule has 0 radical (unpaired) electrons. The van der Waals surface area contributed by atoms with Crippen LogP contribution in [0.3, 0.4) is 0 Å². The third-order valence-corrected chi connectivity index (χ3v) is 4.20. The van der Waals surface area contributed by atoms with Crippen LogP contribution in [-0.2, 0) is 10.0 Å². The molecule has 106 valence electrons. The van der Waals surface area contributed by atoms with E-state index in [1.807, 2.05) is 19.9 Å². The van der Waals surface area contributed by atoms with Gasteiger partial charge in [0.05, 0.1) is 4.90 Å². The lowest BCUT2D eigenvalue weighted by Gasteiger charge is -2.10. The maximum atomic E-state index is 12.3. The van der Waals surface area contributed by atoms with Crippen molar-refractivity contribution in [3.05, 3.63) is 48.0 Å². The lowest BCUT2D eigenvalue weighted by Crippen LogP contribution is -2.14. The maximum absolute atomic E-state index is 12.3. The van der Waals surface area contributed by atoms with Gasteiger partial charge in [-0.1, -0.05) is 32.0 Å². The van der Waals surface area contributed by atoms with Crippen molar-refractivity contribution in [1.29, 1.82) is 0 Å². The number of nitrogen functional groups attached to an aromatic ring is 1. The summed E-state index contributed by atoms with van der Waals surface area (Å²) >= 11 is 0. The fourth-order valence-electron chi connectivity index (χ4n) is 1.75. The largest absolute Gasteiger partial charge is 0.384 e. The molecule has 0 amide bonds. The number of rotatable bonds is 4. The van der Waals surface area contributed by atoms with Crippen molar-refractivity contribution >= 4 is 21.7 Å². The summed E-state index contributed by atoms with van der Waals surface area (Å²) < 4.78 is 27.0. The fraction of sp³-hybridized carbons (Fsp3) is 0.214. The maximum Gasteiger partial charge on any atom is 0.263 e. The third-order valence-electron chi connectivity index (χ3n) is 2.84. The molecule has 2 aromatic rings. The number of nitrogens with two attached hydrogens (primary N) is 1. The number of benzene rings is 1. The van der Waals surface area contributed by atoms with E-state index >= 15 is 0 Å². The quantitative estimate of drug-likeness (QED) is 0.906. The molecule has 1 aromatic heterocycles. The second kappa shape index (κ2) is 5.50. The predicted molar refractivity (Wildman–Crippen MR) is 80.0 cm³/mol. The zero-order chi connectivity index (χ0) is 14.8. The van der Waals surface area contributed by atoms with Crippen LogP contribution in [-0.4, -0.2) is 13.4 Å². The SMILES string of the molecule is CC(C)c1cccc(S(=O)(=O)Nc2cccc(N)n2)c1. The van der Waals surface area contributed by atoms with Crippen LogP contribution >= 0.6 is 0 Å². The number of pyridine rings is 1. The fourth-order valence-corrected chi connectivity index (χ4v) is 2.80. The summed E-state index contributed by atoms with van der Waals surface area (Å²) in [5.74, 6) is 0.733. The number of nitrogens with zero attached hydrogens (tertiary/aromatic N) is 1. The molecular formula is C14H17N3O2S. The molecule has 0 spiro atoms. The number of hydrogen-bond acceptors (Lipinski definition) is 4. The Hall–Kier alpha value is -2.08. The van der Waals surface area contributed by atoms with Crippen molar-refractivity contribution in [3.8, 4) is 0 Å². The van der Waals surface area contributed by atoms with Crippen LogP contribution in [0.4, 0.5) is 11.6 Å². The van der Waals surface area contributed by atoms with E-state index in [2.05, 4.69) is 9.71 Å². The summed E-state index contributed by atoms with van der Waals surface area (Å²) in [5.41, 5.74) is 6.50. The van der Waals surface area contributed by atoms with Gasteiger partial charge < -0.3 is 5.73 Å². The molecule has 0 saturated heterocycles. The van der Waals surface area contributed by atoms with Crippen molar-refractivity contribution in [3.63, 3.8) is 0 Å². The van der Waals surface area contributed by atoms with Crippen LogP contribution in [0, 0.1) is 0 Å². The summed E-state index contributed by atoms with van der Waals surface area (Å²) in [6, 6.07) is 11.7. The van der Waals surface area contributed by atoms with E-state index in [0.29, 0.717) is 0 Å². The summed E-state index contributed by atoms with van der Waals surface area (Å²) in [4.78, 5) is 4.14. The van der Waals surface area contributed by atoms with Crippen LogP contribution in [0.25, 0.3) is 0 Å². The highest BCUT2D eigenvalue weighted by Crippen LogP contribution is 2.20. The van der Waals surface area contributed by atoms with Crippen molar-refractivity contribution in [2.24, 2.45) is 0 Å². The summed E-state index contributed by atoms with van der Waals surface area (Å²) in [5, 5.41) is 0. The van der Waals surface area contributed by atoms with E-state index in [-0.39, 0.29) is 22.4 Å². The van der Waals surface area contributed by atoms with E-state index in [1.165, 1.54) is 0 Å². The first-order valence-corrected chi connectivity index (χ1v) is 7.72. The van der Waals surface area contributed by atoms with Crippen LogP contribution in [0.2, 0.25) is 0 Å². The first kappa shape index (κ1) is 14.3. The van der Waals surface area contributed by atoms with Gasteiger partial charge in [0, 0.05) is 0 Å². The molecule has 0 aliphatic rings. The Kier molecular flexibility index (Phi) is 3.94. The Morgan fingerprint density at radius 3 is 2.50 bits per heavy atom. The number of hydrogen-bond donors (Lipinski definition) is 2. The molecule has 0 unspecified atom stereocenters. The van der Waals surface area contributed by atoms with Gasteiger partial charge in [0.1, 0.15) is 11.6 Å². The first-order valence-electron chi connectivity index (χ1n) is 6.24. The van der Waals surface area contributed by atoms with E-state index in [4.69, 9.17) is 5.73 Å². The van der Waals surface area contributed by atoms with Crippen molar-refractivity contribution in [1.82, 2.24) is 4.98 Å². The average molecular weight is 291 g/mol. The molecule has 1 aromatic carbocycles. The molecule has 20 heavy (non-hydrogen) atoms. The Bertz CT molecular complexity index is 712. The van der Waals surface area contributed by atoms with Crippen LogP contribution in [0.5, 0.6) is 0 Å². The van der Waals surface area contributed by atoms with Crippen LogP contribution in [0.1, 0.15) is 25.3 Å². The Labute approximate surface area is 118 Å². The minimum absolute atomic E-state index is 0.208. The Morgan fingerprint density at radius 2 is 1.85 bits per heavy atom. The molecular weight excluding hydrogens is 274 g/mol. The molecule has 0 aliphatic heterocycles.